The molecule has 0 radical (unpaired) electrons. The van der Waals surface area contributed by atoms with Crippen molar-refractivity contribution in [2.24, 2.45) is 0 Å². The van der Waals surface area contributed by atoms with Gasteiger partial charge in [0.15, 0.2) is 0 Å². The average molecular weight is 436 g/mol. The number of aryl methyl sites for hydroxylation is 2. The summed E-state index contributed by atoms with van der Waals surface area (Å²) in [5.41, 5.74) is 3.58. The van der Waals surface area contributed by atoms with E-state index >= 15 is 0 Å². The van der Waals surface area contributed by atoms with E-state index in [4.69, 9.17) is 9.29 Å². The summed E-state index contributed by atoms with van der Waals surface area (Å²) in [4.78, 5) is 29.5. The van der Waals surface area contributed by atoms with Crippen LogP contribution in [-0.2, 0) is 24.1 Å². The molecule has 0 fully saturated rings. The SMILES string of the molecule is Cc1cc(C)c(/C=C2\C(=O)N(C(=O)OCC(C)(O)OS(=O)(=O)O)c3ccccc32)[nH]1. The Hall–Kier alpha value is -2.99. The normalized spacial score (nSPS) is 17.2. The molecule has 3 rings (SSSR count). The molecule has 10 nitrogen and oxygen atoms in total. The van der Waals surface area contributed by atoms with Crippen LogP contribution in [0.25, 0.3) is 11.6 Å². The number of amides is 2. The summed E-state index contributed by atoms with van der Waals surface area (Å²) in [6.07, 6.45) is 0.489. The highest BCUT2D eigenvalue weighted by molar-refractivity contribution is 7.80. The number of hydrogen-bond donors (Lipinski definition) is 3. The van der Waals surface area contributed by atoms with E-state index < -0.39 is 34.8 Å². The lowest BCUT2D eigenvalue weighted by Gasteiger charge is -2.22. The summed E-state index contributed by atoms with van der Waals surface area (Å²) in [5, 5.41) is 9.83. The number of para-hydroxylation sites is 1. The molecular formula is C19H20N2O8S. The highest BCUT2D eigenvalue weighted by Crippen LogP contribution is 2.38. The Labute approximate surface area is 172 Å². The third-order valence-corrected chi connectivity index (χ3v) is 4.85. The van der Waals surface area contributed by atoms with E-state index in [1.807, 2.05) is 19.9 Å². The number of benzene rings is 1. The number of fused-ring (bicyclic) bond motifs is 1. The number of aromatic amines is 1. The van der Waals surface area contributed by atoms with E-state index in [0.717, 1.165) is 23.1 Å². The second kappa shape index (κ2) is 7.69. The van der Waals surface area contributed by atoms with Gasteiger partial charge in [0.25, 0.3) is 5.91 Å². The third-order valence-electron chi connectivity index (χ3n) is 4.28. The van der Waals surface area contributed by atoms with E-state index in [0.29, 0.717) is 11.3 Å². The van der Waals surface area contributed by atoms with Gasteiger partial charge in [0.05, 0.1) is 11.3 Å². The number of nitrogens with zero attached hydrogens (tertiary/aromatic N) is 1. The lowest BCUT2D eigenvalue weighted by Crippen LogP contribution is -2.41. The van der Waals surface area contributed by atoms with Crippen LogP contribution in [-0.4, -0.2) is 47.5 Å². The van der Waals surface area contributed by atoms with E-state index in [9.17, 15) is 23.1 Å². The van der Waals surface area contributed by atoms with Gasteiger partial charge < -0.3 is 14.8 Å². The summed E-state index contributed by atoms with van der Waals surface area (Å²) in [5.74, 6) is -3.17. The first kappa shape index (κ1) is 21.7. The number of H-pyrrole nitrogens is 1. The zero-order chi connectivity index (χ0) is 22.3. The maximum Gasteiger partial charge on any atom is 0.421 e. The molecule has 3 N–H and O–H groups in total. The quantitative estimate of drug-likeness (QED) is 0.367. The highest BCUT2D eigenvalue weighted by atomic mass is 32.3. The number of imide groups is 1. The number of hydrogen-bond acceptors (Lipinski definition) is 7. The van der Waals surface area contributed by atoms with Crippen molar-refractivity contribution < 1.29 is 36.6 Å². The maximum absolute atomic E-state index is 13.0. The monoisotopic (exact) mass is 436 g/mol. The fraction of sp³-hybridized carbons (Fsp3) is 0.263. The number of carbonyl (C=O) groups excluding carboxylic acids is 2. The van der Waals surface area contributed by atoms with Crippen molar-refractivity contribution in [3.05, 3.63) is 52.8 Å². The second-order valence-corrected chi connectivity index (χ2v) is 8.03. The number of anilines is 1. The zero-order valence-electron chi connectivity index (χ0n) is 16.4. The van der Waals surface area contributed by atoms with Gasteiger partial charge >= 0.3 is 16.5 Å². The number of nitrogens with one attached hydrogen (secondary N) is 1. The largest absolute Gasteiger partial charge is 0.443 e. The Kier molecular flexibility index (Phi) is 5.56. The summed E-state index contributed by atoms with van der Waals surface area (Å²) in [6, 6.07) is 8.49. The molecule has 1 aromatic heterocycles. The zero-order valence-corrected chi connectivity index (χ0v) is 17.2. The van der Waals surface area contributed by atoms with Crippen molar-refractivity contribution in [3.8, 4) is 0 Å². The van der Waals surface area contributed by atoms with E-state index in [-0.39, 0.29) is 11.3 Å². The number of aliphatic hydroxyl groups is 1. The first-order valence-corrected chi connectivity index (χ1v) is 10.1. The standard InChI is InChI=1S/C19H20N2O8S/c1-11-8-12(2)20-15(11)9-14-13-6-4-5-7-16(13)21(17(14)22)18(23)28-10-19(3,24)29-30(25,26)27/h4-9,20,24H,10H2,1-3H3,(H,25,26,27)/b14-9-. The highest BCUT2D eigenvalue weighted by Gasteiger charge is 2.39. The smallest absolute Gasteiger partial charge is 0.421 e. The van der Waals surface area contributed by atoms with Gasteiger partial charge in [-0.25, -0.2) is 13.9 Å². The summed E-state index contributed by atoms with van der Waals surface area (Å²) in [7, 11) is -4.99. The Morgan fingerprint density at radius 2 is 1.97 bits per heavy atom. The molecule has 2 amide bonds. The predicted octanol–water partition coefficient (Wildman–Crippen LogP) is 2.18. The third kappa shape index (κ3) is 4.60. The summed E-state index contributed by atoms with van der Waals surface area (Å²) >= 11 is 0. The van der Waals surface area contributed by atoms with Crippen LogP contribution in [0.4, 0.5) is 10.5 Å². The molecule has 1 aliphatic heterocycles. The maximum atomic E-state index is 13.0. The van der Waals surface area contributed by atoms with Gasteiger partial charge in [0, 0.05) is 17.0 Å². The predicted molar refractivity (Wildman–Crippen MR) is 107 cm³/mol. The average Bonchev–Trinajstić information content (AvgIpc) is 3.07. The Balaban J connectivity index is 1.88. The van der Waals surface area contributed by atoms with Gasteiger partial charge in [-0.15, -0.1) is 0 Å². The van der Waals surface area contributed by atoms with E-state index in [1.54, 1.807) is 30.3 Å². The molecule has 11 heteroatoms. The first-order valence-electron chi connectivity index (χ1n) is 8.77. The molecule has 0 bridgehead atoms. The van der Waals surface area contributed by atoms with Gasteiger partial charge in [-0.3, -0.25) is 9.35 Å². The Morgan fingerprint density at radius 1 is 1.30 bits per heavy atom. The number of carbonyl (C=O) groups is 2. The molecule has 0 spiro atoms. The molecule has 160 valence electrons. The molecule has 1 atom stereocenters. The Morgan fingerprint density at radius 3 is 2.57 bits per heavy atom. The minimum Gasteiger partial charge on any atom is -0.443 e. The molecule has 0 aliphatic carbocycles. The van der Waals surface area contributed by atoms with E-state index in [2.05, 4.69) is 9.17 Å². The number of rotatable bonds is 5. The fourth-order valence-corrected chi connectivity index (χ4v) is 3.62. The molecule has 0 saturated carbocycles. The second-order valence-electron chi connectivity index (χ2n) is 7.01. The minimum absolute atomic E-state index is 0.258. The van der Waals surface area contributed by atoms with Crippen LogP contribution in [0.15, 0.2) is 30.3 Å². The van der Waals surface area contributed by atoms with Gasteiger partial charge in [0.1, 0.15) is 6.61 Å². The molecule has 0 saturated heterocycles. The van der Waals surface area contributed by atoms with Crippen molar-refractivity contribution in [1.82, 2.24) is 4.98 Å². The minimum atomic E-state index is -4.99. The van der Waals surface area contributed by atoms with Crippen LogP contribution in [0.5, 0.6) is 0 Å². The molecule has 2 aromatic rings. The van der Waals surface area contributed by atoms with Gasteiger partial charge in [0.2, 0.25) is 5.79 Å². The molecule has 30 heavy (non-hydrogen) atoms. The number of aromatic nitrogens is 1. The first-order chi connectivity index (χ1) is 13.9. The lowest BCUT2D eigenvalue weighted by atomic mass is 10.1. The van der Waals surface area contributed by atoms with E-state index in [1.165, 1.54) is 0 Å². The van der Waals surface area contributed by atoms with Crippen molar-refractivity contribution in [1.29, 1.82) is 0 Å². The van der Waals surface area contributed by atoms with Gasteiger partial charge in [-0.2, -0.15) is 8.42 Å². The topological polar surface area (TPSA) is 146 Å². The van der Waals surface area contributed by atoms with Crippen LogP contribution >= 0.6 is 0 Å². The molecule has 1 aliphatic rings. The summed E-state index contributed by atoms with van der Waals surface area (Å²) in [6.45, 7) is 3.68. The summed E-state index contributed by atoms with van der Waals surface area (Å²) < 4.78 is 39.1. The lowest BCUT2D eigenvalue weighted by molar-refractivity contribution is -0.151. The van der Waals surface area contributed by atoms with Crippen molar-refractivity contribution in [2.45, 2.75) is 26.6 Å². The van der Waals surface area contributed by atoms with Crippen LogP contribution in [0.3, 0.4) is 0 Å². The van der Waals surface area contributed by atoms with Crippen molar-refractivity contribution in [2.75, 3.05) is 11.5 Å². The van der Waals surface area contributed by atoms with Gasteiger partial charge in [-0.05, 0) is 44.5 Å². The molecular weight excluding hydrogens is 416 g/mol. The van der Waals surface area contributed by atoms with Crippen LogP contribution in [0.2, 0.25) is 0 Å². The molecule has 1 unspecified atom stereocenters. The van der Waals surface area contributed by atoms with Crippen LogP contribution in [0, 0.1) is 13.8 Å². The van der Waals surface area contributed by atoms with Gasteiger partial charge in [-0.1, -0.05) is 18.2 Å². The molecule has 2 heterocycles. The Bertz CT molecular complexity index is 1150. The van der Waals surface area contributed by atoms with Crippen LogP contribution in [0.1, 0.15) is 29.4 Å². The van der Waals surface area contributed by atoms with Crippen LogP contribution < -0.4 is 4.90 Å². The van der Waals surface area contributed by atoms with Crippen molar-refractivity contribution in [3.63, 3.8) is 0 Å². The fourth-order valence-electron chi connectivity index (χ4n) is 3.12. The molecule has 1 aromatic carbocycles. The number of ether oxygens (including phenoxy) is 1. The van der Waals surface area contributed by atoms with Crippen molar-refractivity contribution >= 4 is 39.7 Å².